The Balaban J connectivity index is 2.06. The van der Waals surface area contributed by atoms with Gasteiger partial charge in [-0.1, -0.05) is 53.7 Å². The van der Waals surface area contributed by atoms with Gasteiger partial charge in [0.25, 0.3) is 0 Å². The molecule has 0 aromatic heterocycles. The Morgan fingerprint density at radius 3 is 2.45 bits per heavy atom. The third kappa shape index (κ3) is 4.74. The van der Waals surface area contributed by atoms with E-state index in [0.717, 1.165) is 31.6 Å². The molecule has 0 amide bonds. The SMILES string of the molecule is CCC1OC1CCc1ccc(OCC(C)C)c(C(C)(C)C)c1. The fraction of sp³-hybridized carbons (Fsp3) is 0.700. The van der Waals surface area contributed by atoms with Crippen molar-refractivity contribution in [2.24, 2.45) is 5.92 Å². The van der Waals surface area contributed by atoms with Gasteiger partial charge in [-0.25, -0.2) is 0 Å². The fourth-order valence-corrected chi connectivity index (χ4v) is 2.80. The van der Waals surface area contributed by atoms with Gasteiger partial charge in [-0.15, -0.1) is 0 Å². The fourth-order valence-electron chi connectivity index (χ4n) is 2.80. The molecule has 0 saturated carbocycles. The molecule has 1 fully saturated rings. The van der Waals surface area contributed by atoms with E-state index >= 15 is 0 Å². The molecule has 1 saturated heterocycles. The van der Waals surface area contributed by atoms with E-state index in [2.05, 4.69) is 59.7 Å². The molecule has 2 unspecified atom stereocenters. The van der Waals surface area contributed by atoms with Gasteiger partial charge in [-0.05, 0) is 47.8 Å². The topological polar surface area (TPSA) is 21.8 Å². The standard InChI is InChI=1S/C20H32O2/c1-7-17-19(22-17)11-9-15-8-10-18(21-13-14(2)3)16(12-15)20(4,5)6/h8,10,12,14,17,19H,7,9,11,13H2,1-6H3. The van der Waals surface area contributed by atoms with Gasteiger partial charge in [0.2, 0.25) is 0 Å². The Morgan fingerprint density at radius 2 is 1.91 bits per heavy atom. The van der Waals surface area contributed by atoms with E-state index in [1.165, 1.54) is 11.1 Å². The van der Waals surface area contributed by atoms with E-state index in [1.54, 1.807) is 0 Å². The van der Waals surface area contributed by atoms with Crippen molar-refractivity contribution in [1.82, 2.24) is 0 Å². The lowest BCUT2D eigenvalue weighted by Crippen LogP contribution is -2.15. The van der Waals surface area contributed by atoms with Crippen LogP contribution in [0.2, 0.25) is 0 Å². The molecule has 2 atom stereocenters. The maximum atomic E-state index is 6.03. The van der Waals surface area contributed by atoms with Crippen molar-refractivity contribution in [3.8, 4) is 5.75 Å². The first kappa shape index (κ1) is 17.3. The van der Waals surface area contributed by atoms with Crippen LogP contribution in [0.3, 0.4) is 0 Å². The molecule has 2 heteroatoms. The molecule has 1 heterocycles. The van der Waals surface area contributed by atoms with Gasteiger partial charge < -0.3 is 9.47 Å². The summed E-state index contributed by atoms with van der Waals surface area (Å²) in [6.45, 7) is 14.1. The minimum Gasteiger partial charge on any atom is -0.493 e. The summed E-state index contributed by atoms with van der Waals surface area (Å²) in [4.78, 5) is 0. The average molecular weight is 304 g/mol. The Kier molecular flexibility index (Phi) is 5.55. The number of ether oxygens (including phenoxy) is 2. The Hall–Kier alpha value is -1.02. The highest BCUT2D eigenvalue weighted by molar-refractivity contribution is 5.41. The highest BCUT2D eigenvalue weighted by Crippen LogP contribution is 2.34. The van der Waals surface area contributed by atoms with Crippen molar-refractivity contribution in [3.63, 3.8) is 0 Å². The number of epoxide rings is 1. The van der Waals surface area contributed by atoms with Gasteiger partial charge in [0.15, 0.2) is 0 Å². The first-order chi connectivity index (χ1) is 10.3. The summed E-state index contributed by atoms with van der Waals surface area (Å²) < 4.78 is 11.7. The molecule has 2 rings (SSSR count). The minimum absolute atomic E-state index is 0.102. The van der Waals surface area contributed by atoms with E-state index in [4.69, 9.17) is 9.47 Å². The van der Waals surface area contributed by atoms with Crippen LogP contribution in [0.4, 0.5) is 0 Å². The number of hydrogen-bond donors (Lipinski definition) is 0. The molecule has 0 aliphatic carbocycles. The molecule has 1 aliphatic rings. The zero-order chi connectivity index (χ0) is 16.3. The van der Waals surface area contributed by atoms with Crippen LogP contribution in [0.5, 0.6) is 5.75 Å². The smallest absolute Gasteiger partial charge is 0.123 e. The van der Waals surface area contributed by atoms with E-state index in [-0.39, 0.29) is 5.41 Å². The molecule has 0 radical (unpaired) electrons. The first-order valence-corrected chi connectivity index (χ1v) is 8.73. The summed E-state index contributed by atoms with van der Waals surface area (Å²) in [6, 6.07) is 6.70. The summed E-state index contributed by atoms with van der Waals surface area (Å²) in [6.07, 6.45) is 4.36. The number of hydrogen-bond acceptors (Lipinski definition) is 2. The monoisotopic (exact) mass is 304 g/mol. The summed E-state index contributed by atoms with van der Waals surface area (Å²) in [7, 11) is 0. The predicted molar refractivity (Wildman–Crippen MR) is 92.7 cm³/mol. The summed E-state index contributed by atoms with van der Waals surface area (Å²) in [5, 5.41) is 0. The zero-order valence-electron chi connectivity index (χ0n) is 15.1. The average Bonchev–Trinajstić information content (AvgIpc) is 3.21. The van der Waals surface area contributed by atoms with Gasteiger partial charge in [-0.3, -0.25) is 0 Å². The highest BCUT2D eigenvalue weighted by Gasteiger charge is 2.36. The zero-order valence-corrected chi connectivity index (χ0v) is 15.1. The summed E-state index contributed by atoms with van der Waals surface area (Å²) >= 11 is 0. The van der Waals surface area contributed by atoms with Gasteiger partial charge in [0.1, 0.15) is 5.75 Å². The second-order valence-electron chi connectivity index (χ2n) is 7.95. The van der Waals surface area contributed by atoms with Crippen LogP contribution >= 0.6 is 0 Å². The molecule has 22 heavy (non-hydrogen) atoms. The highest BCUT2D eigenvalue weighted by atomic mass is 16.6. The maximum absolute atomic E-state index is 6.03. The molecule has 1 aromatic carbocycles. The summed E-state index contributed by atoms with van der Waals surface area (Å²) in [5.74, 6) is 1.59. The largest absolute Gasteiger partial charge is 0.493 e. The lowest BCUT2D eigenvalue weighted by atomic mass is 9.85. The van der Waals surface area contributed by atoms with E-state index in [0.29, 0.717) is 18.1 Å². The van der Waals surface area contributed by atoms with Crippen molar-refractivity contribution in [3.05, 3.63) is 29.3 Å². The molecule has 0 bridgehead atoms. The second-order valence-corrected chi connectivity index (χ2v) is 7.95. The van der Waals surface area contributed by atoms with Crippen molar-refractivity contribution in [2.45, 2.75) is 78.4 Å². The van der Waals surface area contributed by atoms with Crippen LogP contribution in [0.15, 0.2) is 18.2 Å². The van der Waals surface area contributed by atoms with Crippen molar-refractivity contribution < 1.29 is 9.47 Å². The molecular formula is C20H32O2. The number of benzene rings is 1. The molecule has 1 aromatic rings. The molecule has 1 aliphatic heterocycles. The van der Waals surface area contributed by atoms with Crippen molar-refractivity contribution >= 4 is 0 Å². The lowest BCUT2D eigenvalue weighted by molar-refractivity contribution is 0.265. The van der Waals surface area contributed by atoms with Gasteiger partial charge in [0.05, 0.1) is 18.8 Å². The third-order valence-electron chi connectivity index (χ3n) is 4.23. The first-order valence-electron chi connectivity index (χ1n) is 8.73. The van der Waals surface area contributed by atoms with E-state index < -0.39 is 0 Å². The normalized spacial score (nSPS) is 21.2. The van der Waals surface area contributed by atoms with Crippen LogP contribution in [-0.4, -0.2) is 18.8 Å². The van der Waals surface area contributed by atoms with Crippen molar-refractivity contribution in [1.29, 1.82) is 0 Å². The Bertz CT molecular complexity index is 485. The quantitative estimate of drug-likeness (QED) is 0.651. The number of rotatable bonds is 7. The van der Waals surface area contributed by atoms with Gasteiger partial charge >= 0.3 is 0 Å². The number of aryl methyl sites for hydroxylation is 1. The summed E-state index contributed by atoms with van der Waals surface area (Å²) in [5.41, 5.74) is 2.81. The molecule has 0 spiro atoms. The Morgan fingerprint density at radius 1 is 1.18 bits per heavy atom. The van der Waals surface area contributed by atoms with Crippen LogP contribution in [-0.2, 0) is 16.6 Å². The molecule has 124 valence electrons. The Labute approximate surface area is 136 Å². The van der Waals surface area contributed by atoms with Crippen LogP contribution in [0, 0.1) is 5.92 Å². The van der Waals surface area contributed by atoms with Crippen LogP contribution < -0.4 is 4.74 Å². The van der Waals surface area contributed by atoms with Gasteiger partial charge in [-0.2, -0.15) is 0 Å². The molecule has 2 nitrogen and oxygen atoms in total. The van der Waals surface area contributed by atoms with E-state index in [9.17, 15) is 0 Å². The van der Waals surface area contributed by atoms with E-state index in [1.807, 2.05) is 0 Å². The van der Waals surface area contributed by atoms with Gasteiger partial charge in [0, 0.05) is 0 Å². The van der Waals surface area contributed by atoms with Crippen LogP contribution in [0.1, 0.15) is 65.5 Å². The molecule has 0 N–H and O–H groups in total. The minimum atomic E-state index is 0.102. The van der Waals surface area contributed by atoms with Crippen LogP contribution in [0.25, 0.3) is 0 Å². The lowest BCUT2D eigenvalue weighted by Gasteiger charge is -2.24. The third-order valence-corrected chi connectivity index (χ3v) is 4.23. The van der Waals surface area contributed by atoms with Crippen molar-refractivity contribution in [2.75, 3.05) is 6.61 Å². The maximum Gasteiger partial charge on any atom is 0.123 e. The second kappa shape index (κ2) is 7.04. The predicted octanol–water partition coefficient (Wildman–Crippen LogP) is 5.13. The molecular weight excluding hydrogens is 272 g/mol.